The number of ether oxygens (including phenoxy) is 1. The highest BCUT2D eigenvalue weighted by Gasteiger charge is 2.30. The van der Waals surface area contributed by atoms with Crippen molar-refractivity contribution in [3.05, 3.63) is 47.5 Å². The van der Waals surface area contributed by atoms with Crippen LogP contribution in [-0.4, -0.2) is 64.9 Å². The van der Waals surface area contributed by atoms with E-state index in [1.54, 1.807) is 25.4 Å². The van der Waals surface area contributed by atoms with Gasteiger partial charge in [0, 0.05) is 19.3 Å². The SMILES string of the molecule is COc1ccccc1NC(=O)c1cnc([C@@H]2CCCCN2CC(=O)N2CCCC2)nc1C. The van der Waals surface area contributed by atoms with Crippen molar-refractivity contribution in [3.8, 4) is 5.75 Å². The van der Waals surface area contributed by atoms with Crippen molar-refractivity contribution in [1.29, 1.82) is 0 Å². The molecule has 2 saturated heterocycles. The van der Waals surface area contributed by atoms with Gasteiger partial charge in [-0.3, -0.25) is 14.5 Å². The summed E-state index contributed by atoms with van der Waals surface area (Å²) in [6, 6.07) is 7.27. The number of amides is 2. The second-order valence-corrected chi connectivity index (χ2v) is 8.45. The Labute approximate surface area is 189 Å². The van der Waals surface area contributed by atoms with E-state index in [1.807, 2.05) is 24.0 Å². The molecule has 0 saturated carbocycles. The molecule has 0 spiro atoms. The van der Waals surface area contributed by atoms with Gasteiger partial charge >= 0.3 is 0 Å². The zero-order chi connectivity index (χ0) is 22.5. The molecule has 8 nitrogen and oxygen atoms in total. The zero-order valence-corrected chi connectivity index (χ0v) is 18.8. The Morgan fingerprint density at radius 1 is 1.12 bits per heavy atom. The van der Waals surface area contributed by atoms with E-state index >= 15 is 0 Å². The van der Waals surface area contributed by atoms with Crippen LogP contribution < -0.4 is 10.1 Å². The molecule has 0 bridgehead atoms. The van der Waals surface area contributed by atoms with E-state index in [9.17, 15) is 9.59 Å². The Bertz CT molecular complexity index is 974. The number of likely N-dealkylation sites (tertiary alicyclic amines) is 2. The van der Waals surface area contributed by atoms with Crippen molar-refractivity contribution < 1.29 is 14.3 Å². The Hall–Kier alpha value is -3.00. The fraction of sp³-hybridized carbons (Fsp3) is 0.500. The predicted octanol–water partition coefficient (Wildman–Crippen LogP) is 3.20. The lowest BCUT2D eigenvalue weighted by Crippen LogP contribution is -2.43. The van der Waals surface area contributed by atoms with Gasteiger partial charge in [-0.2, -0.15) is 0 Å². The van der Waals surface area contributed by atoms with Crippen molar-refractivity contribution in [3.63, 3.8) is 0 Å². The molecule has 2 amide bonds. The average molecular weight is 438 g/mol. The number of benzene rings is 1. The molecule has 2 aromatic rings. The lowest BCUT2D eigenvalue weighted by molar-refractivity contribution is -0.132. The van der Waals surface area contributed by atoms with Crippen molar-refractivity contribution >= 4 is 17.5 Å². The molecule has 170 valence electrons. The topological polar surface area (TPSA) is 87.7 Å². The molecule has 0 aliphatic carbocycles. The van der Waals surface area contributed by atoms with Crippen molar-refractivity contribution in [2.45, 2.75) is 45.1 Å². The first-order valence-electron chi connectivity index (χ1n) is 11.4. The lowest BCUT2D eigenvalue weighted by Gasteiger charge is -2.35. The molecule has 1 aromatic heterocycles. The summed E-state index contributed by atoms with van der Waals surface area (Å²) in [6.45, 7) is 4.82. The van der Waals surface area contributed by atoms with E-state index in [-0.39, 0.29) is 17.9 Å². The summed E-state index contributed by atoms with van der Waals surface area (Å²) in [5, 5.41) is 2.88. The van der Waals surface area contributed by atoms with Crippen LogP contribution in [-0.2, 0) is 4.79 Å². The van der Waals surface area contributed by atoms with Gasteiger partial charge in [-0.05, 0) is 51.3 Å². The molecule has 3 heterocycles. The number of carbonyl (C=O) groups is 2. The minimum atomic E-state index is -0.275. The minimum absolute atomic E-state index is 0.000307. The van der Waals surface area contributed by atoms with E-state index < -0.39 is 0 Å². The normalized spacial score (nSPS) is 19.1. The van der Waals surface area contributed by atoms with Gasteiger partial charge in [-0.15, -0.1) is 0 Å². The van der Waals surface area contributed by atoms with Crippen LogP contribution in [0.15, 0.2) is 30.5 Å². The van der Waals surface area contributed by atoms with Gasteiger partial charge < -0.3 is 15.0 Å². The molecule has 4 rings (SSSR count). The van der Waals surface area contributed by atoms with Crippen LogP contribution in [0.5, 0.6) is 5.75 Å². The number of nitrogens with zero attached hydrogens (tertiary/aromatic N) is 4. The quantitative estimate of drug-likeness (QED) is 0.747. The van der Waals surface area contributed by atoms with Gasteiger partial charge in [0.2, 0.25) is 5.91 Å². The van der Waals surface area contributed by atoms with Crippen LogP contribution in [0, 0.1) is 6.92 Å². The van der Waals surface area contributed by atoms with E-state index in [0.29, 0.717) is 35.1 Å². The molecule has 1 atom stereocenters. The summed E-state index contributed by atoms with van der Waals surface area (Å²) in [5.41, 5.74) is 1.65. The van der Waals surface area contributed by atoms with Gasteiger partial charge in [0.05, 0.1) is 36.6 Å². The fourth-order valence-corrected chi connectivity index (χ4v) is 4.52. The number of rotatable bonds is 6. The molecule has 8 heteroatoms. The molecule has 2 fully saturated rings. The first kappa shape index (κ1) is 22.2. The molecule has 32 heavy (non-hydrogen) atoms. The molecule has 2 aliphatic heterocycles. The van der Waals surface area contributed by atoms with Crippen molar-refractivity contribution in [2.75, 3.05) is 38.6 Å². The zero-order valence-electron chi connectivity index (χ0n) is 18.8. The predicted molar refractivity (Wildman–Crippen MR) is 122 cm³/mol. The maximum Gasteiger partial charge on any atom is 0.259 e. The van der Waals surface area contributed by atoms with Crippen LogP contribution >= 0.6 is 0 Å². The largest absolute Gasteiger partial charge is 0.495 e. The maximum atomic E-state index is 12.8. The van der Waals surface area contributed by atoms with Crippen LogP contribution in [0.25, 0.3) is 0 Å². The summed E-state index contributed by atoms with van der Waals surface area (Å²) in [5.74, 6) is 1.20. The fourth-order valence-electron chi connectivity index (χ4n) is 4.52. The van der Waals surface area contributed by atoms with E-state index in [4.69, 9.17) is 4.74 Å². The Kier molecular flexibility index (Phi) is 6.99. The van der Waals surface area contributed by atoms with Crippen LogP contribution in [0.4, 0.5) is 5.69 Å². The van der Waals surface area contributed by atoms with Crippen molar-refractivity contribution in [2.24, 2.45) is 0 Å². The van der Waals surface area contributed by atoms with E-state index in [1.165, 1.54) is 0 Å². The molecular formula is C24H31N5O3. The number of piperidine rings is 1. The third-order valence-corrected chi connectivity index (χ3v) is 6.31. The Morgan fingerprint density at radius 2 is 1.88 bits per heavy atom. The highest BCUT2D eigenvalue weighted by molar-refractivity contribution is 6.05. The Morgan fingerprint density at radius 3 is 2.62 bits per heavy atom. The number of hydrogen-bond acceptors (Lipinski definition) is 6. The second kappa shape index (κ2) is 10.1. The summed E-state index contributed by atoms with van der Waals surface area (Å²) >= 11 is 0. The third kappa shape index (κ3) is 4.91. The summed E-state index contributed by atoms with van der Waals surface area (Å²) in [7, 11) is 1.57. The van der Waals surface area contributed by atoms with Gasteiger partial charge in [-0.25, -0.2) is 9.97 Å². The average Bonchev–Trinajstić information content (AvgIpc) is 3.35. The first-order chi connectivity index (χ1) is 15.6. The number of aryl methyl sites for hydroxylation is 1. The highest BCUT2D eigenvalue weighted by atomic mass is 16.5. The number of hydrogen-bond donors (Lipinski definition) is 1. The number of para-hydroxylation sites is 2. The van der Waals surface area contributed by atoms with Gasteiger partial charge in [0.25, 0.3) is 5.91 Å². The molecule has 0 radical (unpaired) electrons. The summed E-state index contributed by atoms with van der Waals surface area (Å²) in [6.07, 6.45) is 6.85. The lowest BCUT2D eigenvalue weighted by atomic mass is 10.0. The Balaban J connectivity index is 1.48. The minimum Gasteiger partial charge on any atom is -0.495 e. The molecule has 0 unspecified atom stereocenters. The number of methoxy groups -OCH3 is 1. The molecular weight excluding hydrogens is 406 g/mol. The van der Waals surface area contributed by atoms with Crippen LogP contribution in [0.2, 0.25) is 0 Å². The smallest absolute Gasteiger partial charge is 0.259 e. The number of anilines is 1. The first-order valence-corrected chi connectivity index (χ1v) is 11.4. The number of carbonyl (C=O) groups excluding carboxylic acids is 2. The highest BCUT2D eigenvalue weighted by Crippen LogP contribution is 2.30. The van der Waals surface area contributed by atoms with Gasteiger partial charge in [-0.1, -0.05) is 18.6 Å². The third-order valence-electron chi connectivity index (χ3n) is 6.31. The molecule has 1 N–H and O–H groups in total. The van der Waals surface area contributed by atoms with Gasteiger partial charge in [0.15, 0.2) is 0 Å². The summed E-state index contributed by atoms with van der Waals surface area (Å²) < 4.78 is 5.31. The van der Waals surface area contributed by atoms with E-state index in [2.05, 4.69) is 20.2 Å². The van der Waals surface area contributed by atoms with Crippen LogP contribution in [0.3, 0.4) is 0 Å². The van der Waals surface area contributed by atoms with Gasteiger partial charge in [0.1, 0.15) is 11.6 Å². The van der Waals surface area contributed by atoms with Crippen molar-refractivity contribution in [1.82, 2.24) is 19.8 Å². The number of aromatic nitrogens is 2. The standard InChI is InChI=1S/C24H31N5O3/c1-17-18(24(31)27-19-9-3-4-11-21(19)32-2)15-25-23(26-17)20-10-5-6-14-29(20)16-22(30)28-12-7-8-13-28/h3-4,9,11,15,20H,5-8,10,12-14,16H2,1-2H3,(H,27,31)/t20-/m0/s1. The molecule has 2 aliphatic rings. The van der Waals surface area contributed by atoms with Crippen LogP contribution in [0.1, 0.15) is 60.0 Å². The number of nitrogens with one attached hydrogen (secondary N) is 1. The van der Waals surface area contributed by atoms with E-state index in [0.717, 1.165) is 51.7 Å². The maximum absolute atomic E-state index is 12.8. The summed E-state index contributed by atoms with van der Waals surface area (Å²) in [4.78, 5) is 39.0. The second-order valence-electron chi connectivity index (χ2n) is 8.45. The molecule has 1 aromatic carbocycles. The monoisotopic (exact) mass is 437 g/mol.